The molecule has 2 heteroatoms. The minimum absolute atomic E-state index is 0.00205. The van der Waals surface area contributed by atoms with Crippen LogP contribution in [0.15, 0.2) is 11.6 Å². The van der Waals surface area contributed by atoms with E-state index in [0.717, 1.165) is 67.6 Å². The molecule has 0 aromatic rings. The van der Waals surface area contributed by atoms with Gasteiger partial charge in [0.25, 0.3) is 0 Å². The second-order valence-electron chi connectivity index (χ2n) is 21.2. The van der Waals surface area contributed by atoms with Gasteiger partial charge in [-0.15, -0.1) is 0 Å². The van der Waals surface area contributed by atoms with E-state index in [4.69, 9.17) is 4.74 Å². The highest BCUT2D eigenvalue weighted by Crippen LogP contribution is 2.67. The van der Waals surface area contributed by atoms with E-state index >= 15 is 0 Å². The van der Waals surface area contributed by atoms with Crippen molar-refractivity contribution in [2.75, 3.05) is 0 Å². The van der Waals surface area contributed by atoms with Crippen molar-refractivity contribution in [2.24, 2.45) is 74.9 Å². The van der Waals surface area contributed by atoms with E-state index in [-0.39, 0.29) is 28.8 Å². The fourth-order valence-corrected chi connectivity index (χ4v) is 12.5. The summed E-state index contributed by atoms with van der Waals surface area (Å²) in [6.07, 6.45) is 21.5. The van der Waals surface area contributed by atoms with Gasteiger partial charge in [-0.25, -0.2) is 0 Å². The third-order valence-corrected chi connectivity index (χ3v) is 14.6. The van der Waals surface area contributed by atoms with Crippen LogP contribution in [0.1, 0.15) is 186 Å². The summed E-state index contributed by atoms with van der Waals surface area (Å²) in [6.45, 7) is 31.3. The zero-order valence-corrected chi connectivity index (χ0v) is 33.8. The van der Waals surface area contributed by atoms with Crippen LogP contribution in [0.3, 0.4) is 0 Å². The monoisotopic (exact) mass is 653 g/mol. The molecule has 47 heavy (non-hydrogen) atoms. The van der Waals surface area contributed by atoms with Crippen molar-refractivity contribution >= 4 is 5.97 Å². The first kappa shape index (κ1) is 39.0. The minimum atomic E-state index is -0.00205. The number of carbonyl (C=O) groups is 1. The highest BCUT2D eigenvalue weighted by Gasteiger charge is 2.59. The maximum atomic E-state index is 14.0. The van der Waals surface area contributed by atoms with Crippen LogP contribution in [0.25, 0.3) is 0 Å². The largest absolute Gasteiger partial charge is 0.462 e. The lowest BCUT2D eigenvalue weighted by Gasteiger charge is -2.58. The van der Waals surface area contributed by atoms with Gasteiger partial charge in [0.05, 0.1) is 5.92 Å². The maximum absolute atomic E-state index is 14.0. The predicted octanol–water partition coefficient (Wildman–Crippen LogP) is 13.5. The summed E-state index contributed by atoms with van der Waals surface area (Å²) in [7, 11) is 0. The number of hydrogen-bond donors (Lipinski definition) is 0. The Morgan fingerprint density at radius 2 is 1.55 bits per heavy atom. The molecule has 0 heterocycles. The Labute approximate surface area is 293 Å². The Bertz CT molecular complexity index is 1060. The minimum Gasteiger partial charge on any atom is -0.462 e. The lowest BCUT2D eigenvalue weighted by atomic mass is 9.47. The Morgan fingerprint density at radius 3 is 2.19 bits per heavy atom. The van der Waals surface area contributed by atoms with Crippen molar-refractivity contribution in [3.05, 3.63) is 11.6 Å². The Hall–Kier alpha value is -0.790. The average Bonchev–Trinajstić information content (AvgIpc) is 3.28. The summed E-state index contributed by atoms with van der Waals surface area (Å²) >= 11 is 0. The van der Waals surface area contributed by atoms with Crippen LogP contribution in [0, 0.1) is 74.9 Å². The third kappa shape index (κ3) is 9.31. The average molecular weight is 653 g/mol. The van der Waals surface area contributed by atoms with Crippen molar-refractivity contribution in [1.82, 2.24) is 0 Å². The number of esters is 1. The Balaban J connectivity index is 1.42. The number of fused-ring (bicyclic) bond motifs is 5. The van der Waals surface area contributed by atoms with E-state index in [1.54, 1.807) is 5.57 Å². The van der Waals surface area contributed by atoms with Gasteiger partial charge < -0.3 is 4.74 Å². The third-order valence-electron chi connectivity index (χ3n) is 14.6. The molecule has 0 aliphatic heterocycles. The molecular formula is C45H80O2. The highest BCUT2D eigenvalue weighted by atomic mass is 16.5. The number of ether oxygens (including phenoxy) is 1. The SMILES string of the molecule is CC(C)CCC[C@@H](C)[C@H]1CCC2C3CC=C4CC(OC(=O)C(CCC(C)(C)CC(C)C)C(C)CC(C)(C)C)CC[C@]4(C)C3CC[C@@]21C. The standard InChI is InChI=1S/C45H80O2/c1-30(2)15-14-16-32(5)38-19-20-39-37-18-17-34-27-35(21-25-44(34,12)40(37)23-26-45(38,39)13)47-41(46)36(33(6)29-42(7,8)9)22-24-43(10,11)28-31(3)4/h17,30-33,35-40H,14-16,18-29H2,1-13H3/t32-,33?,35?,36?,37?,38-,39?,40?,44+,45-/m1/s1. The van der Waals surface area contributed by atoms with Crippen molar-refractivity contribution in [3.8, 4) is 0 Å². The molecule has 3 saturated carbocycles. The van der Waals surface area contributed by atoms with E-state index in [9.17, 15) is 4.79 Å². The summed E-state index contributed by atoms with van der Waals surface area (Å²) in [5.74, 6) is 6.29. The van der Waals surface area contributed by atoms with E-state index in [0.29, 0.717) is 22.7 Å². The quantitative estimate of drug-likeness (QED) is 0.138. The van der Waals surface area contributed by atoms with Gasteiger partial charge in [0.15, 0.2) is 0 Å². The second-order valence-corrected chi connectivity index (χ2v) is 21.2. The summed E-state index contributed by atoms with van der Waals surface area (Å²) in [4.78, 5) is 14.0. The first-order valence-corrected chi connectivity index (χ1v) is 20.7. The van der Waals surface area contributed by atoms with Crippen molar-refractivity contribution in [2.45, 2.75) is 192 Å². The van der Waals surface area contributed by atoms with Gasteiger partial charge in [-0.3, -0.25) is 4.79 Å². The van der Waals surface area contributed by atoms with Crippen LogP contribution in [0.5, 0.6) is 0 Å². The molecule has 0 radical (unpaired) electrons. The Kier molecular flexibility index (Phi) is 12.6. The predicted molar refractivity (Wildman–Crippen MR) is 202 cm³/mol. The zero-order chi connectivity index (χ0) is 34.9. The highest BCUT2D eigenvalue weighted by molar-refractivity contribution is 5.73. The topological polar surface area (TPSA) is 26.3 Å². The van der Waals surface area contributed by atoms with E-state index in [1.807, 2.05) is 0 Å². The van der Waals surface area contributed by atoms with Crippen molar-refractivity contribution in [1.29, 1.82) is 0 Å². The van der Waals surface area contributed by atoms with Crippen LogP contribution >= 0.6 is 0 Å². The lowest BCUT2D eigenvalue weighted by molar-refractivity contribution is -0.159. The fraction of sp³-hybridized carbons (Fsp3) is 0.933. The second kappa shape index (κ2) is 15.2. The molecule has 0 saturated heterocycles. The van der Waals surface area contributed by atoms with Gasteiger partial charge in [0, 0.05) is 6.42 Å². The molecule has 0 N–H and O–H groups in total. The van der Waals surface area contributed by atoms with Crippen LogP contribution in [0.4, 0.5) is 0 Å². The maximum Gasteiger partial charge on any atom is 0.309 e. The first-order chi connectivity index (χ1) is 21.8. The van der Waals surface area contributed by atoms with Gasteiger partial charge in [-0.2, -0.15) is 0 Å². The van der Waals surface area contributed by atoms with E-state index < -0.39 is 0 Å². The number of hydrogen-bond acceptors (Lipinski definition) is 2. The summed E-state index contributed by atoms with van der Waals surface area (Å²) in [6, 6.07) is 0. The molecule has 3 fully saturated rings. The van der Waals surface area contributed by atoms with Crippen LogP contribution in [-0.2, 0) is 9.53 Å². The normalized spacial score (nSPS) is 34.7. The van der Waals surface area contributed by atoms with Gasteiger partial charge in [0.1, 0.15) is 6.10 Å². The molecule has 0 spiro atoms. The Morgan fingerprint density at radius 1 is 0.851 bits per heavy atom. The van der Waals surface area contributed by atoms with Crippen molar-refractivity contribution < 1.29 is 9.53 Å². The molecular weight excluding hydrogens is 572 g/mol. The summed E-state index contributed by atoms with van der Waals surface area (Å²) in [5.41, 5.74) is 2.94. The molecule has 4 rings (SSSR count). The van der Waals surface area contributed by atoms with Crippen molar-refractivity contribution in [3.63, 3.8) is 0 Å². The molecule has 4 aliphatic rings. The lowest BCUT2D eigenvalue weighted by Crippen LogP contribution is -2.51. The molecule has 0 aromatic carbocycles. The van der Waals surface area contributed by atoms with E-state index in [1.165, 1.54) is 64.2 Å². The fourth-order valence-electron chi connectivity index (χ4n) is 12.5. The number of allylic oxidation sites excluding steroid dienone is 1. The van der Waals surface area contributed by atoms with Crippen LogP contribution in [0.2, 0.25) is 0 Å². The zero-order valence-electron chi connectivity index (χ0n) is 33.8. The number of rotatable bonds is 14. The van der Waals surface area contributed by atoms with Gasteiger partial charge in [-0.1, -0.05) is 121 Å². The molecule has 0 aromatic heterocycles. The smallest absolute Gasteiger partial charge is 0.309 e. The van der Waals surface area contributed by atoms with Gasteiger partial charge in [0.2, 0.25) is 0 Å². The first-order valence-electron chi connectivity index (χ1n) is 20.7. The van der Waals surface area contributed by atoms with Crippen LogP contribution in [-0.4, -0.2) is 12.1 Å². The molecule has 0 bridgehead atoms. The summed E-state index contributed by atoms with van der Waals surface area (Å²) in [5, 5.41) is 0. The van der Waals surface area contributed by atoms with Gasteiger partial charge in [-0.05, 0) is 140 Å². The summed E-state index contributed by atoms with van der Waals surface area (Å²) < 4.78 is 6.56. The van der Waals surface area contributed by atoms with E-state index in [2.05, 4.69) is 96.1 Å². The molecule has 4 aliphatic carbocycles. The molecule has 10 atom stereocenters. The van der Waals surface area contributed by atoms with Gasteiger partial charge >= 0.3 is 5.97 Å². The molecule has 2 nitrogen and oxygen atoms in total. The molecule has 0 amide bonds. The molecule has 272 valence electrons. The van der Waals surface area contributed by atoms with Crippen LogP contribution < -0.4 is 0 Å². The number of carbonyl (C=O) groups excluding carboxylic acids is 1. The molecule has 6 unspecified atom stereocenters.